The highest BCUT2D eigenvalue weighted by Gasteiger charge is 2.34. The number of ether oxygens (including phenoxy) is 1. The summed E-state index contributed by atoms with van der Waals surface area (Å²) in [6, 6.07) is 4.37. The predicted octanol–water partition coefficient (Wildman–Crippen LogP) is 5.10. The maximum atomic E-state index is 12.2. The predicted molar refractivity (Wildman–Crippen MR) is 125 cm³/mol. The molecule has 3 aliphatic rings. The summed E-state index contributed by atoms with van der Waals surface area (Å²) in [7, 11) is 1.43. The van der Waals surface area contributed by atoms with Crippen LogP contribution in [-0.2, 0) is 29.0 Å². The third-order valence-electron chi connectivity index (χ3n) is 8.20. The first-order valence-corrected chi connectivity index (χ1v) is 12.6. The van der Waals surface area contributed by atoms with Crippen LogP contribution in [0.15, 0.2) is 12.1 Å². The molecule has 7 heteroatoms. The Morgan fingerprint density at radius 2 is 1.85 bits per heavy atom. The molecule has 33 heavy (non-hydrogen) atoms. The highest BCUT2D eigenvalue weighted by atomic mass is 16.5. The standard InChI is InChI=1S/C26H35N3O4/c1-33-26(32)28-14-13-17-11-12-22-23(21(17)16-28)27-24(18-7-3-2-4-8-18)29(22)15-19-9-5-6-10-20(19)25(30)31/h11-12,18-20H,2-10,13-16H2,1H3,(H,30,31)/t19-,20-/m1/s1. The van der Waals surface area contributed by atoms with E-state index in [9.17, 15) is 14.7 Å². The molecule has 1 aromatic carbocycles. The number of hydrogen-bond donors (Lipinski definition) is 1. The van der Waals surface area contributed by atoms with Gasteiger partial charge in [-0.25, -0.2) is 9.78 Å². The van der Waals surface area contributed by atoms with Crippen molar-refractivity contribution in [1.29, 1.82) is 0 Å². The number of fused-ring (bicyclic) bond motifs is 3. The minimum absolute atomic E-state index is 0.138. The van der Waals surface area contributed by atoms with Crippen LogP contribution < -0.4 is 0 Å². The van der Waals surface area contributed by atoms with Crippen molar-refractivity contribution in [3.63, 3.8) is 0 Å². The number of methoxy groups -OCH3 is 1. The zero-order chi connectivity index (χ0) is 22.9. The van der Waals surface area contributed by atoms with Gasteiger partial charge >= 0.3 is 12.1 Å². The quantitative estimate of drug-likeness (QED) is 0.696. The molecule has 5 rings (SSSR count). The van der Waals surface area contributed by atoms with Crippen molar-refractivity contribution >= 4 is 23.1 Å². The molecule has 2 aliphatic carbocycles. The molecule has 2 atom stereocenters. The van der Waals surface area contributed by atoms with Crippen LogP contribution in [0.1, 0.15) is 80.7 Å². The van der Waals surface area contributed by atoms with E-state index in [1.807, 2.05) is 0 Å². The minimum Gasteiger partial charge on any atom is -0.481 e. The molecule has 2 heterocycles. The Balaban J connectivity index is 1.57. The van der Waals surface area contributed by atoms with Gasteiger partial charge in [0.2, 0.25) is 0 Å². The number of aromatic nitrogens is 2. The first kappa shape index (κ1) is 22.2. The molecule has 1 N–H and O–H groups in total. The molecule has 0 spiro atoms. The topological polar surface area (TPSA) is 84.7 Å². The van der Waals surface area contributed by atoms with Crippen LogP contribution >= 0.6 is 0 Å². The molecule has 1 aliphatic heterocycles. The third-order valence-corrected chi connectivity index (χ3v) is 8.20. The molecule has 2 saturated carbocycles. The van der Waals surface area contributed by atoms with E-state index in [2.05, 4.69) is 16.7 Å². The van der Waals surface area contributed by atoms with Gasteiger partial charge in [0, 0.05) is 24.6 Å². The lowest BCUT2D eigenvalue weighted by Gasteiger charge is -2.31. The van der Waals surface area contributed by atoms with Crippen molar-refractivity contribution in [3.8, 4) is 0 Å². The molecule has 1 amide bonds. The molecule has 0 radical (unpaired) electrons. The second-order valence-corrected chi connectivity index (χ2v) is 10.1. The lowest BCUT2D eigenvalue weighted by molar-refractivity contribution is -0.145. The zero-order valence-corrected chi connectivity index (χ0v) is 19.6. The van der Waals surface area contributed by atoms with Gasteiger partial charge in [0.25, 0.3) is 0 Å². The lowest BCUT2D eigenvalue weighted by Crippen LogP contribution is -2.35. The molecule has 2 fully saturated rings. The molecule has 0 saturated heterocycles. The number of carboxylic acid groups (broad SMARTS) is 1. The second kappa shape index (κ2) is 9.35. The number of nitrogens with zero attached hydrogens (tertiary/aromatic N) is 3. The van der Waals surface area contributed by atoms with E-state index in [1.165, 1.54) is 31.9 Å². The Morgan fingerprint density at radius 3 is 2.61 bits per heavy atom. The molecule has 0 bridgehead atoms. The van der Waals surface area contributed by atoms with Crippen molar-refractivity contribution in [1.82, 2.24) is 14.5 Å². The average molecular weight is 454 g/mol. The van der Waals surface area contributed by atoms with Crippen LogP contribution in [0.4, 0.5) is 4.79 Å². The molecule has 7 nitrogen and oxygen atoms in total. The monoisotopic (exact) mass is 453 g/mol. The van der Waals surface area contributed by atoms with Gasteiger partial charge in [-0.1, -0.05) is 38.2 Å². The van der Waals surface area contributed by atoms with Gasteiger partial charge in [0.1, 0.15) is 5.82 Å². The maximum Gasteiger partial charge on any atom is 0.409 e. The minimum atomic E-state index is -0.658. The Labute approximate surface area is 195 Å². The normalized spacial score (nSPS) is 24.0. The summed E-state index contributed by atoms with van der Waals surface area (Å²) < 4.78 is 7.34. The summed E-state index contributed by atoms with van der Waals surface area (Å²) >= 11 is 0. The van der Waals surface area contributed by atoms with Gasteiger partial charge in [-0.2, -0.15) is 0 Å². The van der Waals surface area contributed by atoms with Crippen molar-refractivity contribution in [3.05, 3.63) is 29.1 Å². The van der Waals surface area contributed by atoms with Crippen LogP contribution in [0.5, 0.6) is 0 Å². The third kappa shape index (κ3) is 4.22. The van der Waals surface area contributed by atoms with Gasteiger partial charge in [0.15, 0.2) is 0 Å². The fraction of sp³-hybridized carbons (Fsp3) is 0.654. The summed E-state index contributed by atoms with van der Waals surface area (Å²) in [5, 5.41) is 9.86. The Kier molecular flexibility index (Phi) is 6.30. The van der Waals surface area contributed by atoms with E-state index in [4.69, 9.17) is 9.72 Å². The van der Waals surface area contributed by atoms with E-state index in [1.54, 1.807) is 4.90 Å². The van der Waals surface area contributed by atoms with E-state index in [-0.39, 0.29) is 17.9 Å². The van der Waals surface area contributed by atoms with E-state index in [0.29, 0.717) is 19.0 Å². The number of aliphatic carboxylic acids is 1. The first-order chi connectivity index (χ1) is 16.1. The molecule has 178 valence electrons. The number of carbonyl (C=O) groups is 2. The van der Waals surface area contributed by atoms with Crippen molar-refractivity contribution in [2.24, 2.45) is 11.8 Å². The van der Waals surface area contributed by atoms with Gasteiger partial charge in [-0.05, 0) is 49.7 Å². The average Bonchev–Trinajstić information content (AvgIpc) is 3.22. The summed E-state index contributed by atoms with van der Waals surface area (Å²) in [5.41, 5.74) is 4.46. The highest BCUT2D eigenvalue weighted by molar-refractivity contribution is 5.82. The number of carbonyl (C=O) groups excluding carboxylic acids is 1. The van der Waals surface area contributed by atoms with Crippen molar-refractivity contribution < 1.29 is 19.4 Å². The van der Waals surface area contributed by atoms with Crippen LogP contribution in [0.25, 0.3) is 11.0 Å². The van der Waals surface area contributed by atoms with Crippen molar-refractivity contribution in [2.45, 2.75) is 83.2 Å². The summed E-state index contributed by atoms with van der Waals surface area (Å²) in [4.78, 5) is 31.2. The summed E-state index contributed by atoms with van der Waals surface area (Å²) in [6.45, 7) is 1.89. The highest BCUT2D eigenvalue weighted by Crippen LogP contribution is 2.39. The Morgan fingerprint density at radius 1 is 1.09 bits per heavy atom. The van der Waals surface area contributed by atoms with Gasteiger partial charge < -0.3 is 19.3 Å². The fourth-order valence-corrected chi connectivity index (χ4v) is 6.38. The van der Waals surface area contributed by atoms with E-state index >= 15 is 0 Å². The molecule has 0 unspecified atom stereocenters. The number of carboxylic acids is 1. The van der Waals surface area contributed by atoms with E-state index < -0.39 is 5.97 Å². The summed E-state index contributed by atoms with van der Waals surface area (Å²) in [5.74, 6) is 0.757. The Hall–Kier alpha value is -2.57. The van der Waals surface area contributed by atoms with Crippen LogP contribution in [0.3, 0.4) is 0 Å². The largest absolute Gasteiger partial charge is 0.481 e. The smallest absolute Gasteiger partial charge is 0.409 e. The fourth-order valence-electron chi connectivity index (χ4n) is 6.38. The molecular weight excluding hydrogens is 418 g/mol. The zero-order valence-electron chi connectivity index (χ0n) is 19.6. The van der Waals surface area contributed by atoms with Crippen LogP contribution in [0.2, 0.25) is 0 Å². The van der Waals surface area contributed by atoms with Crippen LogP contribution in [-0.4, -0.2) is 45.3 Å². The first-order valence-electron chi connectivity index (χ1n) is 12.6. The molecule has 2 aromatic rings. The number of hydrogen-bond acceptors (Lipinski definition) is 4. The number of benzene rings is 1. The molecule has 1 aromatic heterocycles. The summed E-state index contributed by atoms with van der Waals surface area (Å²) in [6.07, 6.45) is 10.4. The SMILES string of the molecule is COC(=O)N1CCc2ccc3c(nc(C4CCCCC4)n3C[C@H]3CCCC[C@H]3C(=O)O)c2C1. The maximum absolute atomic E-state index is 12.2. The van der Waals surface area contributed by atoms with Crippen LogP contribution in [0, 0.1) is 11.8 Å². The second-order valence-electron chi connectivity index (χ2n) is 10.1. The number of rotatable bonds is 4. The lowest BCUT2D eigenvalue weighted by atomic mass is 9.79. The Bertz CT molecular complexity index is 1040. The van der Waals surface area contributed by atoms with Crippen molar-refractivity contribution in [2.75, 3.05) is 13.7 Å². The van der Waals surface area contributed by atoms with E-state index in [0.717, 1.165) is 73.9 Å². The number of imidazole rings is 1. The van der Waals surface area contributed by atoms with Gasteiger partial charge in [0.05, 0.1) is 30.6 Å². The van der Waals surface area contributed by atoms with Gasteiger partial charge in [-0.3, -0.25) is 4.79 Å². The van der Waals surface area contributed by atoms with Gasteiger partial charge in [-0.15, -0.1) is 0 Å². The molecular formula is C26H35N3O4. The number of amides is 1.